The Labute approximate surface area is 183 Å². The maximum Gasteiger partial charge on any atom is 0.416 e. The van der Waals surface area contributed by atoms with E-state index in [9.17, 15) is 57.5 Å². The van der Waals surface area contributed by atoms with Crippen LogP contribution in [-0.4, -0.2) is 10.9 Å². The molecule has 1 N–H and O–H groups in total. The van der Waals surface area contributed by atoms with Gasteiger partial charge in [0.2, 0.25) is 0 Å². The van der Waals surface area contributed by atoms with Crippen molar-refractivity contribution in [1.82, 2.24) is 0 Å². The minimum absolute atomic E-state index is 0.0197. The van der Waals surface area contributed by atoms with Crippen LogP contribution >= 0.6 is 0 Å². The fourth-order valence-electron chi connectivity index (χ4n) is 2.38. The number of halogens is 12. The predicted octanol–water partition coefficient (Wildman–Crippen LogP) is 7.70. The normalized spacial score (nSPS) is 13.7. The highest BCUT2D eigenvalue weighted by molar-refractivity contribution is 5.94. The lowest BCUT2D eigenvalue weighted by molar-refractivity contribution is -0.144. The molecule has 0 saturated carbocycles. The largest absolute Gasteiger partial charge is 0.416 e. The summed E-state index contributed by atoms with van der Waals surface area (Å²) >= 11 is 0. The van der Waals surface area contributed by atoms with Crippen molar-refractivity contribution in [2.24, 2.45) is 0 Å². The van der Waals surface area contributed by atoms with Crippen molar-refractivity contribution in [3.63, 3.8) is 0 Å². The monoisotopic (exact) mass is 514 g/mol. The highest BCUT2D eigenvalue weighted by Crippen LogP contribution is 2.38. The molecule has 0 aliphatic rings. The zero-order valence-electron chi connectivity index (χ0n) is 16.9. The molecule has 2 aromatic rings. The lowest BCUT2D eigenvalue weighted by Gasteiger charge is -2.15. The van der Waals surface area contributed by atoms with Gasteiger partial charge in [-0.05, 0) is 55.8 Å². The fourth-order valence-corrected chi connectivity index (χ4v) is 2.38. The molecule has 1 atom stereocenters. The lowest BCUT2D eigenvalue weighted by atomic mass is 10.0. The third kappa shape index (κ3) is 8.22. The molecule has 0 saturated heterocycles. The van der Waals surface area contributed by atoms with Gasteiger partial charge in [0, 0.05) is 5.56 Å². The van der Waals surface area contributed by atoms with Gasteiger partial charge >= 0.3 is 24.7 Å². The first-order chi connectivity index (χ1) is 15.0. The number of Topliss-reactive ketones (excluding diaryl/α,β-unsaturated/α-hetero) is 1. The maximum atomic E-state index is 12.4. The van der Waals surface area contributed by atoms with Gasteiger partial charge in [-0.3, -0.25) is 4.79 Å². The first-order valence-corrected chi connectivity index (χ1v) is 8.81. The Morgan fingerprint density at radius 2 is 0.882 bits per heavy atom. The van der Waals surface area contributed by atoms with Crippen molar-refractivity contribution >= 4 is 5.78 Å². The van der Waals surface area contributed by atoms with Crippen LogP contribution in [0.1, 0.15) is 58.1 Å². The average molecular weight is 514 g/mol. The highest BCUT2D eigenvalue weighted by atomic mass is 19.4. The van der Waals surface area contributed by atoms with E-state index in [2.05, 4.69) is 0 Å². The molecule has 0 aliphatic carbocycles. The fraction of sp³-hybridized carbons (Fsp3) is 0.350. The SMILES string of the molecule is CC(=O)c1cc(C(F)(F)F)cc(C(F)(F)F)c1.CC(O)c1cc(C(F)(F)F)cc(C(F)(F)F)c1. The molecular weight excluding hydrogens is 500 g/mol. The van der Waals surface area contributed by atoms with Gasteiger partial charge in [0.05, 0.1) is 28.4 Å². The molecule has 0 bridgehead atoms. The van der Waals surface area contributed by atoms with E-state index >= 15 is 0 Å². The summed E-state index contributed by atoms with van der Waals surface area (Å²) in [6.45, 7) is 1.99. The number of aliphatic hydroxyl groups is 1. The minimum atomic E-state index is -4.93. The second kappa shape index (κ2) is 9.84. The molecule has 190 valence electrons. The van der Waals surface area contributed by atoms with E-state index < -0.39 is 70.0 Å². The van der Waals surface area contributed by atoms with E-state index in [1.54, 1.807) is 0 Å². The summed E-state index contributed by atoms with van der Waals surface area (Å²) in [5, 5.41) is 9.07. The molecular formula is C20H14F12O2. The summed E-state index contributed by atoms with van der Waals surface area (Å²) in [5.74, 6) is -0.860. The summed E-state index contributed by atoms with van der Waals surface area (Å²) in [5.41, 5.74) is -6.87. The quantitative estimate of drug-likeness (QED) is 0.330. The molecule has 0 aliphatic heterocycles. The van der Waals surface area contributed by atoms with Crippen LogP contribution in [0.25, 0.3) is 0 Å². The number of hydrogen-bond acceptors (Lipinski definition) is 2. The summed E-state index contributed by atoms with van der Waals surface area (Å²) < 4.78 is 148. The van der Waals surface area contributed by atoms with E-state index in [0.717, 1.165) is 13.8 Å². The molecule has 0 amide bonds. The third-order valence-corrected chi connectivity index (χ3v) is 4.09. The smallest absolute Gasteiger partial charge is 0.389 e. The van der Waals surface area contributed by atoms with Crippen LogP contribution in [0.5, 0.6) is 0 Å². The van der Waals surface area contributed by atoms with Gasteiger partial charge in [0.1, 0.15) is 0 Å². The number of aliphatic hydroxyl groups excluding tert-OH is 1. The highest BCUT2D eigenvalue weighted by Gasteiger charge is 2.38. The molecule has 0 heterocycles. The standard InChI is InChI=1S/C10H8F6O.C10H6F6O/c2*1-5(17)6-2-7(9(11,12)13)4-8(3-6)10(14,15)16/h2-5,17H,1H3;2-4H,1H3. The summed E-state index contributed by atoms with van der Waals surface area (Å²) in [6, 6.07) is 1.80. The maximum absolute atomic E-state index is 12.4. The Morgan fingerprint density at radius 3 is 1.09 bits per heavy atom. The van der Waals surface area contributed by atoms with Crippen LogP contribution in [0.3, 0.4) is 0 Å². The van der Waals surface area contributed by atoms with Crippen LogP contribution in [-0.2, 0) is 24.7 Å². The third-order valence-electron chi connectivity index (χ3n) is 4.09. The molecule has 0 fully saturated rings. The van der Waals surface area contributed by atoms with Gasteiger partial charge in [-0.15, -0.1) is 0 Å². The van der Waals surface area contributed by atoms with Crippen molar-refractivity contribution < 1.29 is 62.6 Å². The zero-order chi connectivity index (χ0) is 26.9. The van der Waals surface area contributed by atoms with Crippen molar-refractivity contribution in [1.29, 1.82) is 0 Å². The molecule has 2 aromatic carbocycles. The van der Waals surface area contributed by atoms with Gasteiger partial charge < -0.3 is 5.11 Å². The van der Waals surface area contributed by atoms with Gasteiger partial charge in [-0.1, -0.05) is 0 Å². The summed E-state index contributed by atoms with van der Waals surface area (Å²) in [7, 11) is 0. The molecule has 1 unspecified atom stereocenters. The van der Waals surface area contributed by atoms with Crippen LogP contribution in [0.4, 0.5) is 52.7 Å². The van der Waals surface area contributed by atoms with Gasteiger partial charge in [-0.2, -0.15) is 52.7 Å². The predicted molar refractivity (Wildman–Crippen MR) is 93.5 cm³/mol. The molecule has 0 aromatic heterocycles. The number of hydrogen-bond donors (Lipinski definition) is 1. The van der Waals surface area contributed by atoms with Crippen molar-refractivity contribution in [3.8, 4) is 0 Å². The Morgan fingerprint density at radius 1 is 0.618 bits per heavy atom. The summed E-state index contributed by atoms with van der Waals surface area (Å²) in [6.07, 6.45) is -21.0. The molecule has 0 radical (unpaired) electrons. The topological polar surface area (TPSA) is 37.3 Å². The van der Waals surface area contributed by atoms with Crippen molar-refractivity contribution in [2.75, 3.05) is 0 Å². The Kier molecular flexibility index (Phi) is 8.47. The van der Waals surface area contributed by atoms with E-state index in [-0.39, 0.29) is 12.1 Å². The van der Waals surface area contributed by atoms with Crippen LogP contribution in [0.15, 0.2) is 36.4 Å². The van der Waals surface area contributed by atoms with E-state index in [4.69, 9.17) is 5.11 Å². The van der Waals surface area contributed by atoms with Crippen LogP contribution in [0.2, 0.25) is 0 Å². The molecule has 0 spiro atoms. The van der Waals surface area contributed by atoms with E-state index in [0.29, 0.717) is 24.3 Å². The first kappa shape index (κ1) is 29.3. The number of benzene rings is 2. The van der Waals surface area contributed by atoms with Gasteiger partial charge in [-0.25, -0.2) is 0 Å². The second-order valence-electron chi connectivity index (χ2n) is 6.87. The first-order valence-electron chi connectivity index (χ1n) is 8.81. The van der Waals surface area contributed by atoms with Gasteiger partial charge in [0.15, 0.2) is 5.78 Å². The van der Waals surface area contributed by atoms with Crippen LogP contribution in [0, 0.1) is 0 Å². The number of rotatable bonds is 2. The Hall–Kier alpha value is -2.77. The number of alkyl halides is 12. The average Bonchev–Trinajstić information content (AvgIpc) is 2.65. The molecule has 14 heteroatoms. The van der Waals surface area contributed by atoms with Gasteiger partial charge in [0.25, 0.3) is 0 Å². The van der Waals surface area contributed by atoms with Crippen molar-refractivity contribution in [2.45, 2.75) is 44.7 Å². The minimum Gasteiger partial charge on any atom is -0.389 e. The molecule has 34 heavy (non-hydrogen) atoms. The number of carbonyl (C=O) groups excluding carboxylic acids is 1. The lowest BCUT2D eigenvalue weighted by Crippen LogP contribution is -2.12. The molecule has 2 rings (SSSR count). The zero-order valence-corrected chi connectivity index (χ0v) is 16.9. The Balaban J connectivity index is 0.000000340. The summed E-state index contributed by atoms with van der Waals surface area (Å²) in [4.78, 5) is 10.9. The molecule has 2 nitrogen and oxygen atoms in total. The Bertz CT molecular complexity index is 948. The van der Waals surface area contributed by atoms with E-state index in [1.807, 2.05) is 0 Å². The number of ketones is 1. The van der Waals surface area contributed by atoms with Crippen LogP contribution < -0.4 is 0 Å². The van der Waals surface area contributed by atoms with E-state index in [1.165, 1.54) is 0 Å². The number of carbonyl (C=O) groups is 1. The second-order valence-corrected chi connectivity index (χ2v) is 6.87. The van der Waals surface area contributed by atoms with Crippen molar-refractivity contribution in [3.05, 3.63) is 69.8 Å².